The summed E-state index contributed by atoms with van der Waals surface area (Å²) in [6.45, 7) is 33.5. The van der Waals surface area contributed by atoms with Gasteiger partial charge in [0, 0.05) is 39.1 Å². The van der Waals surface area contributed by atoms with Crippen LogP contribution in [0, 0.1) is 51.9 Å². The van der Waals surface area contributed by atoms with Gasteiger partial charge in [0.15, 0.2) is 0 Å². The van der Waals surface area contributed by atoms with Crippen molar-refractivity contribution in [2.45, 2.75) is 26.2 Å². The van der Waals surface area contributed by atoms with Crippen molar-refractivity contribution in [1.82, 2.24) is 0 Å². The first kappa shape index (κ1) is 50.4. The zero-order valence-corrected chi connectivity index (χ0v) is 17.4. The van der Waals surface area contributed by atoms with Crippen molar-refractivity contribution in [3.05, 3.63) is 75.3 Å². The SMILES string of the molecule is CC(C)(C)c1ccc(C#CN=C=O)cc1.[C-]#[O+].[C-]#[O+].[C-]#[O+].[C-]#[O+].[C-]#[O+].[C-]#[O+].[Co].[Co]. The second kappa shape index (κ2) is 50.0. The van der Waals surface area contributed by atoms with Crippen LogP contribution in [-0.4, -0.2) is 6.08 Å². The van der Waals surface area contributed by atoms with Crippen LogP contribution >= 0.6 is 0 Å². The predicted octanol–water partition coefficient (Wildman–Crippen LogP) is 2.40. The first-order valence-electron chi connectivity index (χ1n) is 5.95. The summed E-state index contributed by atoms with van der Waals surface area (Å²) in [5.74, 6) is 2.75. The molecule has 0 amide bonds. The first-order valence-corrected chi connectivity index (χ1v) is 5.95. The largest absolute Gasteiger partial charge is 0 e. The Morgan fingerprint density at radius 2 is 1.03 bits per heavy atom. The van der Waals surface area contributed by atoms with E-state index in [4.69, 9.17) is 27.9 Å². The molecular formula is C19H13Co2NO7. The maximum absolute atomic E-state index is 9.79. The Labute approximate surface area is 190 Å². The molecule has 0 aliphatic carbocycles. The van der Waals surface area contributed by atoms with Crippen LogP contribution in [0.1, 0.15) is 31.9 Å². The van der Waals surface area contributed by atoms with Crippen molar-refractivity contribution in [2.75, 3.05) is 0 Å². The van der Waals surface area contributed by atoms with Gasteiger partial charge in [0.1, 0.15) is 0 Å². The van der Waals surface area contributed by atoms with Crippen molar-refractivity contribution in [3.8, 4) is 12.0 Å². The summed E-state index contributed by atoms with van der Waals surface area (Å²) in [6, 6.07) is 10.3. The number of benzene rings is 1. The third-order valence-corrected chi connectivity index (χ3v) is 2.05. The van der Waals surface area contributed by atoms with Crippen LogP contribution in [0.15, 0.2) is 29.3 Å². The fourth-order valence-corrected chi connectivity index (χ4v) is 1.17. The van der Waals surface area contributed by atoms with Gasteiger partial charge in [0.2, 0.25) is 6.08 Å². The van der Waals surface area contributed by atoms with E-state index in [1.165, 1.54) is 11.6 Å². The molecule has 0 spiro atoms. The van der Waals surface area contributed by atoms with E-state index in [0.29, 0.717) is 0 Å². The number of hydrogen-bond donors (Lipinski definition) is 0. The van der Waals surface area contributed by atoms with Gasteiger partial charge in [-0.15, -0.1) is 4.99 Å². The zero-order valence-electron chi connectivity index (χ0n) is 15.3. The van der Waals surface area contributed by atoms with E-state index in [1.54, 1.807) is 0 Å². The van der Waals surface area contributed by atoms with Gasteiger partial charge in [0.05, 0.1) is 6.04 Å². The summed E-state index contributed by atoms with van der Waals surface area (Å²) >= 11 is 0. The molecule has 2 radical (unpaired) electrons. The summed E-state index contributed by atoms with van der Waals surface area (Å²) in [7, 11) is 0. The number of isocyanates is 1. The Hall–Kier alpha value is -2.39. The topological polar surface area (TPSA) is 149 Å². The van der Waals surface area contributed by atoms with Crippen LogP contribution in [0.2, 0.25) is 0 Å². The Balaban J connectivity index is -0.0000000453. The van der Waals surface area contributed by atoms with E-state index in [-0.39, 0.29) is 39.0 Å². The number of carbonyl (C=O) groups excluding carboxylic acids is 1. The quantitative estimate of drug-likeness (QED) is 0.179. The maximum Gasteiger partial charge on any atom is 0 e. The van der Waals surface area contributed by atoms with Crippen molar-refractivity contribution < 1.29 is 66.3 Å². The summed E-state index contributed by atoms with van der Waals surface area (Å²) in [4.78, 5) is 13.0. The molecule has 0 aliphatic heterocycles. The van der Waals surface area contributed by atoms with Crippen molar-refractivity contribution in [2.24, 2.45) is 4.99 Å². The number of hydrogen-bond acceptors (Lipinski definition) is 2. The van der Waals surface area contributed by atoms with E-state index >= 15 is 0 Å². The number of rotatable bonds is 0. The van der Waals surface area contributed by atoms with Gasteiger partial charge in [-0.25, -0.2) is 4.79 Å². The van der Waals surface area contributed by atoms with E-state index in [9.17, 15) is 4.79 Å². The molecule has 0 heterocycles. The predicted molar refractivity (Wildman–Crippen MR) is 83.7 cm³/mol. The standard InChI is InChI=1S/C13H13NO.6CO.2Co/c1-13(2,3)12-6-4-11(5-7-12)8-9-14-10-15;6*1-2;;/h4-7H,1-3H3;;;;;;;;. The normalized spacial score (nSPS) is 5.48. The van der Waals surface area contributed by atoms with Gasteiger partial charge >= 0.3 is 67.8 Å². The van der Waals surface area contributed by atoms with E-state index in [2.05, 4.69) is 77.6 Å². The summed E-state index contributed by atoms with van der Waals surface area (Å²) in [5.41, 5.74) is 2.25. The second-order valence-electron chi connectivity index (χ2n) is 4.27. The zero-order chi connectivity index (χ0) is 23.3. The minimum absolute atomic E-state index is 0. The molecule has 8 nitrogen and oxygen atoms in total. The maximum atomic E-state index is 9.79. The van der Waals surface area contributed by atoms with Crippen LogP contribution in [0.4, 0.5) is 0 Å². The van der Waals surface area contributed by atoms with Crippen molar-refractivity contribution in [3.63, 3.8) is 0 Å². The van der Waals surface area contributed by atoms with Crippen molar-refractivity contribution >= 4 is 6.08 Å². The molecule has 0 aromatic heterocycles. The Bertz CT molecular complexity index is 646. The smallest absolute Gasteiger partial charge is 0 e. The number of nitrogens with zero attached hydrogens (tertiary/aromatic N) is 1. The van der Waals surface area contributed by atoms with E-state index < -0.39 is 0 Å². The molecule has 1 rings (SSSR count). The fraction of sp³-hybridized carbons (Fsp3) is 0.211. The van der Waals surface area contributed by atoms with Gasteiger partial charge in [0.25, 0.3) is 0 Å². The van der Waals surface area contributed by atoms with Gasteiger partial charge in [-0.3, -0.25) is 0 Å². The Morgan fingerprint density at radius 1 is 0.724 bits per heavy atom. The van der Waals surface area contributed by atoms with Gasteiger partial charge < -0.3 is 0 Å². The fourth-order valence-electron chi connectivity index (χ4n) is 1.17. The third-order valence-electron chi connectivity index (χ3n) is 2.05. The average molecular weight is 485 g/mol. The molecule has 1 aromatic carbocycles. The molecule has 0 aliphatic rings. The van der Waals surface area contributed by atoms with E-state index in [1.807, 2.05) is 24.3 Å². The molecule has 1 aromatic rings. The number of aliphatic imine (C=N–C) groups is 1. The van der Waals surface area contributed by atoms with Crippen LogP contribution in [-0.2, 0) is 71.7 Å². The summed E-state index contributed by atoms with van der Waals surface area (Å²) in [6.07, 6.45) is 1.37. The minimum atomic E-state index is 0. The van der Waals surface area contributed by atoms with Crippen LogP contribution in [0.3, 0.4) is 0 Å². The first-order chi connectivity index (χ1) is 13.0. The van der Waals surface area contributed by atoms with Gasteiger partial charge in [-0.2, -0.15) is 0 Å². The Kier molecular flexibility index (Phi) is 86.9. The molecule has 154 valence electrons. The Morgan fingerprint density at radius 3 is 1.28 bits per heavy atom. The molecular weight excluding hydrogens is 472 g/mol. The average Bonchev–Trinajstić information content (AvgIpc) is 2.77. The molecule has 0 fully saturated rings. The summed E-state index contributed by atoms with van der Waals surface area (Å²) in [5, 5.41) is 0. The van der Waals surface area contributed by atoms with Crippen LogP contribution in [0.5, 0.6) is 0 Å². The molecule has 0 atom stereocenters. The van der Waals surface area contributed by atoms with Gasteiger partial charge in [-0.1, -0.05) is 32.9 Å². The molecule has 29 heavy (non-hydrogen) atoms. The van der Waals surface area contributed by atoms with Crippen LogP contribution in [0.25, 0.3) is 0 Å². The van der Waals surface area contributed by atoms with Crippen LogP contribution < -0.4 is 0 Å². The molecule has 0 unspecified atom stereocenters. The molecule has 0 saturated carbocycles. The molecule has 10 heteroatoms. The minimum Gasteiger partial charge on any atom is 0 e. The molecule has 0 N–H and O–H groups in total. The second-order valence-corrected chi connectivity index (χ2v) is 4.27. The molecule has 0 saturated heterocycles. The monoisotopic (exact) mass is 485 g/mol. The molecule has 0 bridgehead atoms. The summed E-state index contributed by atoms with van der Waals surface area (Å²) < 4.78 is 45.0. The van der Waals surface area contributed by atoms with Crippen molar-refractivity contribution in [1.29, 1.82) is 0 Å². The third kappa shape index (κ3) is 41.2. The van der Waals surface area contributed by atoms with Gasteiger partial charge in [-0.05, 0) is 29.0 Å². The van der Waals surface area contributed by atoms with E-state index in [0.717, 1.165) is 5.56 Å².